The molecule has 22 heavy (non-hydrogen) atoms. The summed E-state index contributed by atoms with van der Waals surface area (Å²) in [4.78, 5) is 10.9. The molecule has 0 heterocycles. The molecule has 130 valence electrons. The molecule has 6 heteroatoms. The number of esters is 1. The van der Waals surface area contributed by atoms with Crippen molar-refractivity contribution in [2.75, 3.05) is 33.5 Å². The first kappa shape index (κ1) is 21.0. The van der Waals surface area contributed by atoms with Crippen molar-refractivity contribution in [1.82, 2.24) is 0 Å². The predicted molar refractivity (Wildman–Crippen MR) is 83.9 cm³/mol. The minimum atomic E-state index is -0.448. The summed E-state index contributed by atoms with van der Waals surface area (Å²) in [6, 6.07) is 0. The van der Waals surface area contributed by atoms with Crippen molar-refractivity contribution in [2.24, 2.45) is 0 Å². The second kappa shape index (κ2) is 12.6. The lowest BCUT2D eigenvalue weighted by molar-refractivity contribution is -0.142. The molecule has 0 aromatic rings. The van der Waals surface area contributed by atoms with Crippen molar-refractivity contribution in [1.29, 1.82) is 0 Å². The molecule has 0 saturated carbocycles. The Morgan fingerprint density at radius 3 is 1.68 bits per heavy atom. The molecule has 0 N–H and O–H groups in total. The van der Waals surface area contributed by atoms with Crippen LogP contribution >= 0.6 is 0 Å². The van der Waals surface area contributed by atoms with Crippen LogP contribution in [0.15, 0.2) is 12.7 Å². The maximum absolute atomic E-state index is 10.9. The van der Waals surface area contributed by atoms with Gasteiger partial charge in [-0.15, -0.1) is 0 Å². The minimum Gasteiger partial charge on any atom is -0.460 e. The van der Waals surface area contributed by atoms with Gasteiger partial charge in [-0.2, -0.15) is 0 Å². The van der Waals surface area contributed by atoms with E-state index < -0.39 is 5.97 Å². The van der Waals surface area contributed by atoms with Gasteiger partial charge in [0, 0.05) is 13.2 Å². The summed E-state index contributed by atoms with van der Waals surface area (Å²) in [7, 11) is 1.65. The number of ether oxygens (including phenoxy) is 5. The quantitative estimate of drug-likeness (QED) is 0.382. The fourth-order valence-corrected chi connectivity index (χ4v) is 1.37. The van der Waals surface area contributed by atoms with Crippen LogP contribution in [0, 0.1) is 0 Å². The van der Waals surface area contributed by atoms with Crippen LogP contribution in [0.5, 0.6) is 0 Å². The largest absolute Gasteiger partial charge is 0.460 e. The standard InChI is InChI=1S/C16H30O6/c1-7-16(17)22-11-15(5)21-10-14(4)20-9-13(3)19-8-12(2)18-6/h7,12-15H,1,8-11H2,2-6H3. The Morgan fingerprint density at radius 2 is 1.27 bits per heavy atom. The highest BCUT2D eigenvalue weighted by atomic mass is 16.6. The fourth-order valence-electron chi connectivity index (χ4n) is 1.37. The fraction of sp³-hybridized carbons (Fsp3) is 0.812. The Kier molecular flexibility index (Phi) is 12.0. The van der Waals surface area contributed by atoms with Crippen molar-refractivity contribution < 1.29 is 28.5 Å². The second-order valence-corrected chi connectivity index (χ2v) is 5.31. The van der Waals surface area contributed by atoms with Gasteiger partial charge in [-0.1, -0.05) is 6.58 Å². The average Bonchev–Trinajstić information content (AvgIpc) is 2.53. The molecular weight excluding hydrogens is 288 g/mol. The zero-order valence-electron chi connectivity index (χ0n) is 14.4. The third-order valence-corrected chi connectivity index (χ3v) is 2.88. The highest BCUT2D eigenvalue weighted by Gasteiger charge is 2.11. The molecule has 0 spiro atoms. The number of hydrogen-bond acceptors (Lipinski definition) is 6. The summed E-state index contributed by atoms with van der Waals surface area (Å²) in [6.07, 6.45) is 0.938. The van der Waals surface area contributed by atoms with Gasteiger partial charge in [0.05, 0.1) is 44.2 Å². The molecule has 4 unspecified atom stereocenters. The molecule has 0 amide bonds. The zero-order chi connectivity index (χ0) is 17.0. The lowest BCUT2D eigenvalue weighted by Gasteiger charge is -2.20. The van der Waals surface area contributed by atoms with Gasteiger partial charge in [0.25, 0.3) is 0 Å². The van der Waals surface area contributed by atoms with E-state index in [1.54, 1.807) is 7.11 Å². The van der Waals surface area contributed by atoms with E-state index in [0.29, 0.717) is 19.8 Å². The van der Waals surface area contributed by atoms with Crippen molar-refractivity contribution in [3.8, 4) is 0 Å². The lowest BCUT2D eigenvalue weighted by atomic mass is 10.3. The van der Waals surface area contributed by atoms with Crippen LogP contribution in [0.3, 0.4) is 0 Å². The first-order chi connectivity index (χ1) is 10.4. The average molecular weight is 318 g/mol. The van der Waals surface area contributed by atoms with Crippen molar-refractivity contribution in [3.63, 3.8) is 0 Å². The van der Waals surface area contributed by atoms with E-state index in [1.807, 2.05) is 27.7 Å². The molecule has 0 aromatic carbocycles. The van der Waals surface area contributed by atoms with Crippen LogP contribution < -0.4 is 0 Å². The van der Waals surface area contributed by atoms with Crippen LogP contribution in [0.2, 0.25) is 0 Å². The van der Waals surface area contributed by atoms with Crippen LogP contribution in [-0.4, -0.2) is 63.9 Å². The molecule has 0 saturated heterocycles. The molecule has 6 nitrogen and oxygen atoms in total. The lowest BCUT2D eigenvalue weighted by Crippen LogP contribution is -2.28. The third-order valence-electron chi connectivity index (χ3n) is 2.88. The van der Waals surface area contributed by atoms with Gasteiger partial charge in [-0.05, 0) is 27.7 Å². The summed E-state index contributed by atoms with van der Waals surface area (Å²) < 4.78 is 26.8. The summed E-state index contributed by atoms with van der Waals surface area (Å²) in [6.45, 7) is 12.6. The topological polar surface area (TPSA) is 63.2 Å². The number of methoxy groups -OCH3 is 1. The van der Waals surface area contributed by atoms with E-state index in [2.05, 4.69) is 6.58 Å². The maximum atomic E-state index is 10.9. The van der Waals surface area contributed by atoms with Gasteiger partial charge in [-0.3, -0.25) is 0 Å². The van der Waals surface area contributed by atoms with E-state index in [-0.39, 0.29) is 31.0 Å². The Morgan fingerprint density at radius 1 is 0.864 bits per heavy atom. The molecule has 0 rings (SSSR count). The zero-order valence-corrected chi connectivity index (χ0v) is 14.4. The second-order valence-electron chi connectivity index (χ2n) is 5.31. The first-order valence-corrected chi connectivity index (χ1v) is 7.55. The monoisotopic (exact) mass is 318 g/mol. The van der Waals surface area contributed by atoms with E-state index in [0.717, 1.165) is 6.08 Å². The van der Waals surface area contributed by atoms with E-state index in [1.165, 1.54) is 0 Å². The SMILES string of the molecule is C=CC(=O)OCC(C)OCC(C)OCC(C)OCC(C)OC. The molecule has 4 atom stereocenters. The Labute approximate surface area is 133 Å². The van der Waals surface area contributed by atoms with Gasteiger partial charge >= 0.3 is 5.97 Å². The highest BCUT2D eigenvalue weighted by Crippen LogP contribution is 2.02. The van der Waals surface area contributed by atoms with Crippen LogP contribution in [0.1, 0.15) is 27.7 Å². The van der Waals surface area contributed by atoms with Crippen LogP contribution in [-0.2, 0) is 28.5 Å². The molecule has 0 radical (unpaired) electrons. The van der Waals surface area contributed by atoms with E-state index >= 15 is 0 Å². The third kappa shape index (κ3) is 11.7. The van der Waals surface area contributed by atoms with E-state index in [9.17, 15) is 4.79 Å². The normalized spacial score (nSPS) is 16.6. The molecule has 0 aliphatic rings. The maximum Gasteiger partial charge on any atom is 0.330 e. The Balaban J connectivity index is 3.69. The smallest absolute Gasteiger partial charge is 0.330 e. The number of hydrogen-bond donors (Lipinski definition) is 0. The molecule has 0 fully saturated rings. The number of carbonyl (C=O) groups excluding carboxylic acids is 1. The predicted octanol–water partition coefficient (Wildman–Crippen LogP) is 1.97. The van der Waals surface area contributed by atoms with Gasteiger partial charge in [0.1, 0.15) is 6.61 Å². The van der Waals surface area contributed by atoms with E-state index in [4.69, 9.17) is 23.7 Å². The Bertz CT molecular complexity index is 307. The van der Waals surface area contributed by atoms with Crippen LogP contribution in [0.4, 0.5) is 0 Å². The van der Waals surface area contributed by atoms with Gasteiger partial charge in [-0.25, -0.2) is 4.79 Å². The van der Waals surface area contributed by atoms with Crippen molar-refractivity contribution in [3.05, 3.63) is 12.7 Å². The molecule has 0 aliphatic carbocycles. The van der Waals surface area contributed by atoms with Crippen LogP contribution in [0.25, 0.3) is 0 Å². The van der Waals surface area contributed by atoms with Crippen molar-refractivity contribution in [2.45, 2.75) is 52.1 Å². The molecule has 0 aromatic heterocycles. The van der Waals surface area contributed by atoms with Crippen molar-refractivity contribution >= 4 is 5.97 Å². The summed E-state index contributed by atoms with van der Waals surface area (Å²) in [5, 5.41) is 0. The molecule has 0 aliphatic heterocycles. The summed E-state index contributed by atoms with van der Waals surface area (Å²) in [5.41, 5.74) is 0. The Hall–Kier alpha value is -0.950. The molecular formula is C16H30O6. The summed E-state index contributed by atoms with van der Waals surface area (Å²) >= 11 is 0. The summed E-state index contributed by atoms with van der Waals surface area (Å²) in [5.74, 6) is -0.448. The minimum absolute atomic E-state index is 0.00832. The number of carbonyl (C=O) groups is 1. The van der Waals surface area contributed by atoms with Gasteiger partial charge in [0.2, 0.25) is 0 Å². The van der Waals surface area contributed by atoms with Gasteiger partial charge < -0.3 is 23.7 Å². The first-order valence-electron chi connectivity index (χ1n) is 7.55. The number of rotatable bonds is 13. The molecule has 0 bridgehead atoms. The highest BCUT2D eigenvalue weighted by molar-refractivity contribution is 5.81. The van der Waals surface area contributed by atoms with Gasteiger partial charge in [0.15, 0.2) is 0 Å².